The predicted octanol–water partition coefficient (Wildman–Crippen LogP) is 2.48. The number of nitrogens with zero attached hydrogens (tertiary/aromatic N) is 1. The van der Waals surface area contributed by atoms with Gasteiger partial charge in [0.25, 0.3) is 0 Å². The summed E-state index contributed by atoms with van der Waals surface area (Å²) >= 11 is 0. The number of carbonyl (C=O) groups excluding carboxylic acids is 1. The van der Waals surface area contributed by atoms with Crippen molar-refractivity contribution < 1.29 is 4.79 Å². The van der Waals surface area contributed by atoms with E-state index in [-0.39, 0.29) is 0 Å². The number of Topliss-reactive ketones (excluding diaryl/α,β-unsaturated/α-hetero) is 1. The molecular weight excluding hydrogens is 186 g/mol. The second kappa shape index (κ2) is 3.44. The molecule has 15 heavy (non-hydrogen) atoms. The van der Waals surface area contributed by atoms with E-state index in [2.05, 4.69) is 11.1 Å². The summed E-state index contributed by atoms with van der Waals surface area (Å²) in [5.74, 6) is 1.59. The normalized spacial score (nSPS) is 29.5. The zero-order chi connectivity index (χ0) is 10.3. The molecule has 0 radical (unpaired) electrons. The van der Waals surface area contributed by atoms with Crippen molar-refractivity contribution in [1.29, 1.82) is 0 Å². The Hall–Kier alpha value is -1.18. The minimum atomic E-state index is 0.449. The molecule has 2 atom stereocenters. The molecule has 2 aliphatic carbocycles. The fourth-order valence-corrected chi connectivity index (χ4v) is 3.09. The molecule has 0 aliphatic heterocycles. The maximum atomic E-state index is 11.3. The first-order valence-corrected chi connectivity index (χ1v) is 5.80. The van der Waals surface area contributed by atoms with Crippen molar-refractivity contribution in [3.8, 4) is 0 Å². The van der Waals surface area contributed by atoms with Crippen LogP contribution < -0.4 is 0 Å². The number of aryl methyl sites for hydroxylation is 1. The Bertz CT molecular complexity index is 399. The molecule has 3 rings (SSSR count). The van der Waals surface area contributed by atoms with E-state index in [9.17, 15) is 4.79 Å². The second-order valence-corrected chi connectivity index (χ2v) is 4.73. The largest absolute Gasteiger partial charge is 0.300 e. The number of ketones is 1. The molecule has 78 valence electrons. The molecule has 0 spiro atoms. The van der Waals surface area contributed by atoms with Crippen LogP contribution in [0.2, 0.25) is 0 Å². The summed E-state index contributed by atoms with van der Waals surface area (Å²) in [6, 6.07) is 4.19. The Balaban J connectivity index is 1.87. The van der Waals surface area contributed by atoms with Crippen LogP contribution in [0.15, 0.2) is 18.3 Å². The van der Waals surface area contributed by atoms with E-state index in [4.69, 9.17) is 0 Å². The van der Waals surface area contributed by atoms with Crippen LogP contribution in [0.4, 0.5) is 0 Å². The van der Waals surface area contributed by atoms with Gasteiger partial charge in [-0.05, 0) is 36.8 Å². The van der Waals surface area contributed by atoms with Crippen LogP contribution >= 0.6 is 0 Å². The molecule has 0 aromatic carbocycles. The van der Waals surface area contributed by atoms with Crippen LogP contribution in [0, 0.1) is 5.92 Å². The fraction of sp³-hybridized carbons (Fsp3) is 0.538. The highest BCUT2D eigenvalue weighted by atomic mass is 16.1. The Morgan fingerprint density at radius 1 is 1.27 bits per heavy atom. The van der Waals surface area contributed by atoms with Crippen LogP contribution in [0.3, 0.4) is 0 Å². The Morgan fingerprint density at radius 2 is 2.20 bits per heavy atom. The topological polar surface area (TPSA) is 30.0 Å². The van der Waals surface area contributed by atoms with Gasteiger partial charge in [0.05, 0.1) is 0 Å². The highest BCUT2D eigenvalue weighted by Gasteiger charge is 2.35. The lowest BCUT2D eigenvalue weighted by molar-refractivity contribution is -0.117. The van der Waals surface area contributed by atoms with E-state index in [1.807, 2.05) is 12.3 Å². The van der Waals surface area contributed by atoms with Crippen molar-refractivity contribution in [2.45, 2.75) is 38.0 Å². The second-order valence-electron chi connectivity index (χ2n) is 4.73. The first kappa shape index (κ1) is 9.08. The van der Waals surface area contributed by atoms with Gasteiger partial charge in [-0.1, -0.05) is 6.07 Å². The molecule has 0 saturated heterocycles. The van der Waals surface area contributed by atoms with Gasteiger partial charge in [0.15, 0.2) is 0 Å². The summed E-state index contributed by atoms with van der Waals surface area (Å²) in [6.07, 6.45) is 6.90. The monoisotopic (exact) mass is 201 g/mol. The molecule has 1 aromatic heterocycles. The molecular formula is C13H15NO. The Morgan fingerprint density at radius 3 is 3.00 bits per heavy atom. The van der Waals surface area contributed by atoms with Crippen LogP contribution in [-0.2, 0) is 11.2 Å². The van der Waals surface area contributed by atoms with Gasteiger partial charge < -0.3 is 0 Å². The van der Waals surface area contributed by atoms with Crippen molar-refractivity contribution >= 4 is 5.78 Å². The number of pyridine rings is 1. The number of fused-ring (bicyclic) bond motifs is 1. The summed E-state index contributed by atoms with van der Waals surface area (Å²) in [7, 11) is 0. The highest BCUT2D eigenvalue weighted by molar-refractivity contribution is 5.80. The standard InChI is InChI=1S/C13H15NO/c15-11-5-3-10(8-11)12-6-4-9-2-1-7-14-13(9)12/h1-2,7,10,12H,3-6,8H2. The molecule has 2 unspecified atom stereocenters. The minimum absolute atomic E-state index is 0.449. The van der Waals surface area contributed by atoms with E-state index >= 15 is 0 Å². The van der Waals surface area contributed by atoms with Crippen LogP contribution in [0.25, 0.3) is 0 Å². The van der Waals surface area contributed by atoms with Crippen molar-refractivity contribution in [2.75, 3.05) is 0 Å². The number of hydrogen-bond acceptors (Lipinski definition) is 2. The quantitative estimate of drug-likeness (QED) is 0.698. The van der Waals surface area contributed by atoms with Gasteiger partial charge >= 0.3 is 0 Å². The number of rotatable bonds is 1. The number of hydrogen-bond donors (Lipinski definition) is 0. The van der Waals surface area contributed by atoms with Crippen molar-refractivity contribution in [3.05, 3.63) is 29.6 Å². The lowest BCUT2D eigenvalue weighted by Crippen LogP contribution is -2.08. The summed E-state index contributed by atoms with van der Waals surface area (Å²) in [5, 5.41) is 0. The molecule has 1 aromatic rings. The van der Waals surface area contributed by atoms with E-state index < -0.39 is 0 Å². The third-order valence-electron chi connectivity index (χ3n) is 3.85. The summed E-state index contributed by atoms with van der Waals surface area (Å²) in [6.45, 7) is 0. The van der Waals surface area contributed by atoms with Crippen molar-refractivity contribution in [1.82, 2.24) is 4.98 Å². The van der Waals surface area contributed by atoms with Crippen molar-refractivity contribution in [2.24, 2.45) is 5.92 Å². The summed E-state index contributed by atoms with van der Waals surface area (Å²) in [5.41, 5.74) is 2.68. The van der Waals surface area contributed by atoms with Gasteiger partial charge in [-0.15, -0.1) is 0 Å². The number of aromatic nitrogens is 1. The van der Waals surface area contributed by atoms with E-state index in [0.717, 1.165) is 25.7 Å². The van der Waals surface area contributed by atoms with E-state index in [1.54, 1.807) is 0 Å². The molecule has 1 saturated carbocycles. The average Bonchev–Trinajstić information content (AvgIpc) is 2.83. The van der Waals surface area contributed by atoms with E-state index in [0.29, 0.717) is 17.6 Å². The summed E-state index contributed by atoms with van der Waals surface area (Å²) in [4.78, 5) is 15.8. The molecule has 2 heteroatoms. The maximum absolute atomic E-state index is 11.3. The maximum Gasteiger partial charge on any atom is 0.133 e. The van der Waals surface area contributed by atoms with Crippen LogP contribution in [0.5, 0.6) is 0 Å². The molecule has 0 amide bonds. The third kappa shape index (κ3) is 1.48. The Labute approximate surface area is 89.7 Å². The average molecular weight is 201 g/mol. The predicted molar refractivity (Wildman–Crippen MR) is 57.6 cm³/mol. The Kier molecular flexibility index (Phi) is 2.08. The van der Waals surface area contributed by atoms with E-state index in [1.165, 1.54) is 17.7 Å². The lowest BCUT2D eigenvalue weighted by atomic mass is 9.89. The van der Waals surface area contributed by atoms with Crippen LogP contribution in [-0.4, -0.2) is 10.8 Å². The zero-order valence-electron chi connectivity index (χ0n) is 8.78. The van der Waals surface area contributed by atoms with Gasteiger partial charge in [-0.25, -0.2) is 0 Å². The molecule has 0 bridgehead atoms. The smallest absolute Gasteiger partial charge is 0.133 e. The van der Waals surface area contributed by atoms with Gasteiger partial charge in [0.2, 0.25) is 0 Å². The molecule has 1 fully saturated rings. The van der Waals surface area contributed by atoms with Crippen molar-refractivity contribution in [3.63, 3.8) is 0 Å². The molecule has 2 nitrogen and oxygen atoms in total. The zero-order valence-corrected chi connectivity index (χ0v) is 8.78. The van der Waals surface area contributed by atoms with Crippen LogP contribution in [0.1, 0.15) is 42.9 Å². The molecule has 1 heterocycles. The molecule has 0 N–H and O–H groups in total. The number of carbonyl (C=O) groups is 1. The van der Waals surface area contributed by atoms with Gasteiger partial charge in [-0.2, -0.15) is 0 Å². The third-order valence-corrected chi connectivity index (χ3v) is 3.85. The first-order valence-electron chi connectivity index (χ1n) is 5.80. The highest BCUT2D eigenvalue weighted by Crippen LogP contribution is 2.42. The van der Waals surface area contributed by atoms with Gasteiger partial charge in [-0.3, -0.25) is 9.78 Å². The lowest BCUT2D eigenvalue weighted by Gasteiger charge is -2.17. The molecule has 2 aliphatic rings. The minimum Gasteiger partial charge on any atom is -0.300 e. The first-order chi connectivity index (χ1) is 7.34. The summed E-state index contributed by atoms with van der Waals surface area (Å²) < 4.78 is 0. The SMILES string of the molecule is O=C1CCC(C2CCc3cccnc32)C1. The fourth-order valence-electron chi connectivity index (χ4n) is 3.09. The van der Waals surface area contributed by atoms with Gasteiger partial charge in [0, 0.05) is 30.7 Å². The van der Waals surface area contributed by atoms with Gasteiger partial charge in [0.1, 0.15) is 5.78 Å².